The molecule has 0 fully saturated rings. The fourth-order valence-electron chi connectivity index (χ4n) is 1.91. The number of nitrogens with two attached hydrogens (primary N) is 1. The van der Waals surface area contributed by atoms with Crippen LogP contribution in [0.3, 0.4) is 0 Å². The number of hydrogen-bond acceptors (Lipinski definition) is 2. The number of benzene rings is 2. The van der Waals surface area contributed by atoms with Crippen LogP contribution in [0.1, 0.15) is 17.2 Å². The van der Waals surface area contributed by atoms with Crippen LogP contribution in [-0.2, 0) is 4.79 Å². The second kappa shape index (κ2) is 5.67. The Bertz CT molecular complexity index is 549. The third kappa shape index (κ3) is 3.01. The first-order valence-corrected chi connectivity index (χ1v) is 6.24. The summed E-state index contributed by atoms with van der Waals surface area (Å²) in [4.78, 5) is 13.9. The number of nitrogens with zero attached hydrogens (tertiary/aromatic N) is 1. The van der Waals surface area contributed by atoms with Gasteiger partial charge in [-0.1, -0.05) is 48.0 Å². The Kier molecular flexibility index (Phi) is 3.97. The number of amides is 1. The van der Waals surface area contributed by atoms with E-state index in [1.54, 1.807) is 11.9 Å². The Morgan fingerprint density at radius 3 is 2.21 bits per heavy atom. The molecule has 0 saturated heterocycles. The van der Waals surface area contributed by atoms with Crippen molar-refractivity contribution in [1.29, 1.82) is 0 Å². The van der Waals surface area contributed by atoms with E-state index in [4.69, 9.17) is 5.73 Å². The number of rotatable bonds is 3. The monoisotopic (exact) mass is 254 g/mol. The predicted octanol–water partition coefficient (Wildman–Crippen LogP) is 2.66. The van der Waals surface area contributed by atoms with Crippen molar-refractivity contribution in [2.45, 2.75) is 13.0 Å². The van der Waals surface area contributed by atoms with Crippen LogP contribution in [0, 0.1) is 6.92 Å². The Morgan fingerprint density at radius 2 is 1.63 bits per heavy atom. The zero-order chi connectivity index (χ0) is 13.8. The third-order valence-corrected chi connectivity index (χ3v) is 3.18. The molecule has 0 aliphatic carbocycles. The summed E-state index contributed by atoms with van der Waals surface area (Å²) >= 11 is 0. The van der Waals surface area contributed by atoms with Gasteiger partial charge >= 0.3 is 0 Å². The van der Waals surface area contributed by atoms with Crippen molar-refractivity contribution >= 4 is 11.6 Å². The van der Waals surface area contributed by atoms with Gasteiger partial charge in [0.05, 0.1) is 0 Å². The van der Waals surface area contributed by atoms with Gasteiger partial charge in [-0.15, -0.1) is 0 Å². The molecule has 19 heavy (non-hydrogen) atoms. The molecule has 0 aliphatic heterocycles. The summed E-state index contributed by atoms with van der Waals surface area (Å²) in [5.74, 6) is -0.116. The first-order valence-electron chi connectivity index (χ1n) is 6.24. The summed E-state index contributed by atoms with van der Waals surface area (Å²) in [7, 11) is 1.75. The smallest absolute Gasteiger partial charge is 0.248 e. The van der Waals surface area contributed by atoms with E-state index < -0.39 is 6.04 Å². The molecular formula is C16H18N2O. The molecule has 0 bridgehead atoms. The second-order valence-electron chi connectivity index (χ2n) is 4.62. The largest absolute Gasteiger partial charge is 0.316 e. The minimum Gasteiger partial charge on any atom is -0.316 e. The van der Waals surface area contributed by atoms with Crippen LogP contribution in [0.5, 0.6) is 0 Å². The van der Waals surface area contributed by atoms with Gasteiger partial charge in [-0.25, -0.2) is 0 Å². The molecule has 2 rings (SSSR count). The summed E-state index contributed by atoms with van der Waals surface area (Å²) in [5.41, 5.74) is 8.85. The number of anilines is 1. The van der Waals surface area contributed by atoms with Crippen LogP contribution < -0.4 is 10.6 Å². The molecule has 3 nitrogen and oxygen atoms in total. The highest BCUT2D eigenvalue weighted by atomic mass is 16.2. The molecule has 3 heteroatoms. The van der Waals surface area contributed by atoms with Gasteiger partial charge in [0.15, 0.2) is 0 Å². The van der Waals surface area contributed by atoms with Crippen molar-refractivity contribution in [1.82, 2.24) is 0 Å². The highest BCUT2D eigenvalue weighted by Gasteiger charge is 2.20. The number of hydrogen-bond donors (Lipinski definition) is 1. The second-order valence-corrected chi connectivity index (χ2v) is 4.62. The molecule has 98 valence electrons. The van der Waals surface area contributed by atoms with Crippen LogP contribution in [-0.4, -0.2) is 13.0 Å². The van der Waals surface area contributed by atoms with E-state index in [0.717, 1.165) is 16.8 Å². The first-order chi connectivity index (χ1) is 9.09. The Balaban J connectivity index is 2.17. The molecule has 0 radical (unpaired) electrons. The van der Waals surface area contributed by atoms with Crippen LogP contribution >= 0.6 is 0 Å². The fourth-order valence-corrected chi connectivity index (χ4v) is 1.91. The van der Waals surface area contributed by atoms with Crippen LogP contribution in [0.25, 0.3) is 0 Å². The highest BCUT2D eigenvalue weighted by molar-refractivity contribution is 5.97. The number of aryl methyl sites for hydroxylation is 1. The quantitative estimate of drug-likeness (QED) is 0.915. The lowest BCUT2D eigenvalue weighted by molar-refractivity contribution is -0.119. The number of carbonyl (C=O) groups is 1. The van der Waals surface area contributed by atoms with Crippen LogP contribution in [0.2, 0.25) is 0 Å². The SMILES string of the molecule is Cc1ccc(N(C)C(=O)C(N)c2ccccc2)cc1. The Labute approximate surface area is 113 Å². The first kappa shape index (κ1) is 13.3. The molecule has 0 saturated carbocycles. The van der Waals surface area contributed by atoms with Crippen molar-refractivity contribution in [3.8, 4) is 0 Å². The Hall–Kier alpha value is -2.13. The van der Waals surface area contributed by atoms with Crippen LogP contribution in [0.4, 0.5) is 5.69 Å². The average molecular weight is 254 g/mol. The maximum absolute atomic E-state index is 12.3. The van der Waals surface area contributed by atoms with Gasteiger partial charge in [0.1, 0.15) is 6.04 Å². The molecule has 1 amide bonds. The fraction of sp³-hybridized carbons (Fsp3) is 0.188. The van der Waals surface area contributed by atoms with Crippen molar-refractivity contribution in [2.75, 3.05) is 11.9 Å². The zero-order valence-electron chi connectivity index (χ0n) is 11.2. The van der Waals surface area contributed by atoms with Gasteiger partial charge in [-0.2, -0.15) is 0 Å². The minimum atomic E-state index is -0.632. The van der Waals surface area contributed by atoms with E-state index in [1.807, 2.05) is 61.5 Å². The third-order valence-electron chi connectivity index (χ3n) is 3.18. The van der Waals surface area contributed by atoms with Crippen molar-refractivity contribution in [3.63, 3.8) is 0 Å². The van der Waals surface area contributed by atoms with E-state index in [9.17, 15) is 4.79 Å². The van der Waals surface area contributed by atoms with E-state index in [-0.39, 0.29) is 5.91 Å². The van der Waals surface area contributed by atoms with Gasteiger partial charge in [0.2, 0.25) is 5.91 Å². The lowest BCUT2D eigenvalue weighted by Crippen LogP contribution is -2.35. The van der Waals surface area contributed by atoms with Crippen molar-refractivity contribution in [2.24, 2.45) is 5.73 Å². The molecule has 1 atom stereocenters. The highest BCUT2D eigenvalue weighted by Crippen LogP contribution is 2.18. The predicted molar refractivity (Wildman–Crippen MR) is 78.0 cm³/mol. The summed E-state index contributed by atoms with van der Waals surface area (Å²) in [5, 5.41) is 0. The maximum Gasteiger partial charge on any atom is 0.248 e. The normalized spacial score (nSPS) is 11.9. The maximum atomic E-state index is 12.3. The number of carbonyl (C=O) groups excluding carboxylic acids is 1. The molecule has 0 spiro atoms. The zero-order valence-corrected chi connectivity index (χ0v) is 11.2. The van der Waals surface area contributed by atoms with Gasteiger partial charge in [0.25, 0.3) is 0 Å². The molecular weight excluding hydrogens is 236 g/mol. The van der Waals surface area contributed by atoms with Gasteiger partial charge in [0, 0.05) is 12.7 Å². The molecule has 0 heterocycles. The number of likely N-dealkylation sites (N-methyl/N-ethyl adjacent to an activating group) is 1. The average Bonchev–Trinajstić information content (AvgIpc) is 2.46. The summed E-state index contributed by atoms with van der Waals surface area (Å²) in [6.07, 6.45) is 0. The summed E-state index contributed by atoms with van der Waals surface area (Å²) < 4.78 is 0. The standard InChI is InChI=1S/C16H18N2O/c1-12-8-10-14(11-9-12)18(2)16(19)15(17)13-6-4-3-5-7-13/h3-11,15H,17H2,1-2H3. The molecule has 0 aromatic heterocycles. The summed E-state index contributed by atoms with van der Waals surface area (Å²) in [6.45, 7) is 2.02. The van der Waals surface area contributed by atoms with Gasteiger partial charge < -0.3 is 10.6 Å². The molecule has 2 N–H and O–H groups in total. The molecule has 2 aromatic carbocycles. The van der Waals surface area contributed by atoms with Gasteiger partial charge in [-0.05, 0) is 24.6 Å². The van der Waals surface area contributed by atoms with Crippen molar-refractivity contribution in [3.05, 3.63) is 65.7 Å². The van der Waals surface area contributed by atoms with E-state index in [1.165, 1.54) is 0 Å². The van der Waals surface area contributed by atoms with Gasteiger partial charge in [-0.3, -0.25) is 4.79 Å². The molecule has 2 aromatic rings. The minimum absolute atomic E-state index is 0.116. The van der Waals surface area contributed by atoms with Crippen molar-refractivity contribution < 1.29 is 4.79 Å². The summed E-state index contributed by atoms with van der Waals surface area (Å²) in [6, 6.07) is 16.6. The lowest BCUT2D eigenvalue weighted by Gasteiger charge is -2.21. The lowest BCUT2D eigenvalue weighted by atomic mass is 10.1. The molecule has 0 aliphatic rings. The van der Waals surface area contributed by atoms with E-state index >= 15 is 0 Å². The Morgan fingerprint density at radius 1 is 1.05 bits per heavy atom. The van der Waals surface area contributed by atoms with E-state index in [2.05, 4.69) is 0 Å². The van der Waals surface area contributed by atoms with Crippen LogP contribution in [0.15, 0.2) is 54.6 Å². The molecule has 1 unspecified atom stereocenters. The topological polar surface area (TPSA) is 46.3 Å². The van der Waals surface area contributed by atoms with E-state index in [0.29, 0.717) is 0 Å².